The van der Waals surface area contributed by atoms with Gasteiger partial charge in [-0.15, -0.1) is 0 Å². The zero-order chi connectivity index (χ0) is 12.3. The van der Waals surface area contributed by atoms with Gasteiger partial charge in [0.05, 0.1) is 0 Å². The lowest BCUT2D eigenvalue weighted by Gasteiger charge is -2.28. The van der Waals surface area contributed by atoms with Gasteiger partial charge in [-0.25, -0.2) is 0 Å². The average molecular weight is 236 g/mol. The molecule has 0 aliphatic carbocycles. The number of anilines is 1. The number of pyridine rings is 1. The molecular formula is C11H16N4O2. The monoisotopic (exact) mass is 236 g/mol. The molecule has 0 radical (unpaired) electrons. The number of nitrogens with one attached hydrogen (secondary N) is 1. The zero-order valence-corrected chi connectivity index (χ0v) is 9.80. The SMILES string of the molecule is CCN(c1cccnc1[N+](=O)[O-])C1CCNC1. The molecule has 0 saturated carbocycles. The summed E-state index contributed by atoms with van der Waals surface area (Å²) in [5, 5.41) is 14.2. The van der Waals surface area contributed by atoms with E-state index in [2.05, 4.69) is 15.2 Å². The number of hydrogen-bond donors (Lipinski definition) is 1. The molecule has 2 rings (SSSR count). The highest BCUT2D eigenvalue weighted by Crippen LogP contribution is 2.27. The topological polar surface area (TPSA) is 71.3 Å². The predicted molar refractivity (Wildman–Crippen MR) is 65.2 cm³/mol. The van der Waals surface area contributed by atoms with Gasteiger partial charge in [-0.1, -0.05) is 0 Å². The van der Waals surface area contributed by atoms with Crippen LogP contribution < -0.4 is 10.2 Å². The van der Waals surface area contributed by atoms with Gasteiger partial charge in [-0.3, -0.25) is 0 Å². The van der Waals surface area contributed by atoms with Crippen LogP contribution in [0.3, 0.4) is 0 Å². The largest absolute Gasteiger partial charge is 0.387 e. The van der Waals surface area contributed by atoms with Crippen molar-refractivity contribution in [3.8, 4) is 0 Å². The van der Waals surface area contributed by atoms with Crippen molar-refractivity contribution in [1.29, 1.82) is 0 Å². The molecule has 17 heavy (non-hydrogen) atoms. The van der Waals surface area contributed by atoms with E-state index in [1.54, 1.807) is 12.1 Å². The van der Waals surface area contributed by atoms with Crippen molar-refractivity contribution >= 4 is 11.5 Å². The fourth-order valence-corrected chi connectivity index (χ4v) is 2.28. The first-order valence-corrected chi connectivity index (χ1v) is 5.80. The van der Waals surface area contributed by atoms with E-state index in [4.69, 9.17) is 0 Å². The number of nitro groups is 1. The van der Waals surface area contributed by atoms with Crippen molar-refractivity contribution < 1.29 is 4.92 Å². The summed E-state index contributed by atoms with van der Waals surface area (Å²) in [5.74, 6) is -0.0544. The fraction of sp³-hybridized carbons (Fsp3) is 0.545. The molecule has 0 bridgehead atoms. The Morgan fingerprint density at radius 3 is 3.12 bits per heavy atom. The molecule has 2 heterocycles. The summed E-state index contributed by atoms with van der Waals surface area (Å²) in [6.45, 7) is 4.60. The molecule has 6 nitrogen and oxygen atoms in total. The summed E-state index contributed by atoms with van der Waals surface area (Å²) in [7, 11) is 0. The molecule has 1 fully saturated rings. The molecule has 92 valence electrons. The summed E-state index contributed by atoms with van der Waals surface area (Å²) >= 11 is 0. The Morgan fingerprint density at radius 2 is 2.53 bits per heavy atom. The zero-order valence-electron chi connectivity index (χ0n) is 9.80. The Morgan fingerprint density at radius 1 is 1.71 bits per heavy atom. The normalized spacial score (nSPS) is 19.2. The van der Waals surface area contributed by atoms with Gasteiger partial charge >= 0.3 is 5.82 Å². The van der Waals surface area contributed by atoms with Crippen molar-refractivity contribution in [2.75, 3.05) is 24.5 Å². The van der Waals surface area contributed by atoms with Crippen LogP contribution in [-0.4, -0.2) is 35.6 Å². The molecular weight excluding hydrogens is 220 g/mol. The smallest absolute Gasteiger partial charge is 0.361 e. The van der Waals surface area contributed by atoms with Gasteiger partial charge in [-0.05, 0) is 41.9 Å². The standard InChI is InChI=1S/C11H16N4O2/c1-2-14(9-5-7-12-8-9)10-4-3-6-13-11(10)15(16)17/h3-4,6,9,12H,2,5,7-8H2,1H3. The number of nitrogens with zero attached hydrogens (tertiary/aromatic N) is 3. The first-order valence-electron chi connectivity index (χ1n) is 5.80. The minimum atomic E-state index is -0.416. The number of hydrogen-bond acceptors (Lipinski definition) is 5. The summed E-state index contributed by atoms with van der Waals surface area (Å²) < 4.78 is 0. The maximum absolute atomic E-state index is 11.0. The predicted octanol–water partition coefficient (Wildman–Crippen LogP) is 1.18. The Kier molecular flexibility index (Phi) is 3.53. The highest BCUT2D eigenvalue weighted by Gasteiger charge is 2.27. The van der Waals surface area contributed by atoms with E-state index in [0.717, 1.165) is 26.1 Å². The molecule has 1 aliphatic heterocycles. The Balaban J connectivity index is 2.32. The number of aromatic nitrogens is 1. The highest BCUT2D eigenvalue weighted by atomic mass is 16.6. The molecule has 1 N–H and O–H groups in total. The van der Waals surface area contributed by atoms with Crippen LogP contribution in [-0.2, 0) is 0 Å². The van der Waals surface area contributed by atoms with Gasteiger partial charge in [0.2, 0.25) is 0 Å². The van der Waals surface area contributed by atoms with Crippen LogP contribution in [0.15, 0.2) is 18.3 Å². The van der Waals surface area contributed by atoms with Gasteiger partial charge < -0.3 is 20.3 Å². The minimum Gasteiger partial charge on any atom is -0.361 e. The van der Waals surface area contributed by atoms with Gasteiger partial charge in [0.25, 0.3) is 0 Å². The van der Waals surface area contributed by atoms with Crippen LogP contribution in [0.5, 0.6) is 0 Å². The third-order valence-corrected chi connectivity index (χ3v) is 3.06. The fourth-order valence-electron chi connectivity index (χ4n) is 2.28. The maximum atomic E-state index is 11.0. The van der Waals surface area contributed by atoms with Crippen LogP contribution in [0, 0.1) is 10.1 Å². The number of rotatable bonds is 4. The van der Waals surface area contributed by atoms with Crippen molar-refractivity contribution in [3.63, 3.8) is 0 Å². The summed E-state index contributed by atoms with van der Waals surface area (Å²) in [5.41, 5.74) is 0.619. The van der Waals surface area contributed by atoms with Crippen LogP contribution in [0.4, 0.5) is 11.5 Å². The molecule has 6 heteroatoms. The van der Waals surface area contributed by atoms with Crippen LogP contribution in [0.1, 0.15) is 13.3 Å². The summed E-state index contributed by atoms with van der Waals surface area (Å²) in [6.07, 6.45) is 2.47. The second-order valence-corrected chi connectivity index (χ2v) is 4.04. The Hall–Kier alpha value is -1.69. The molecule has 1 unspecified atom stereocenters. The van der Waals surface area contributed by atoms with E-state index in [1.165, 1.54) is 6.20 Å². The lowest BCUT2D eigenvalue weighted by molar-refractivity contribution is -0.388. The second kappa shape index (κ2) is 5.09. The van der Waals surface area contributed by atoms with Crippen molar-refractivity contribution in [3.05, 3.63) is 28.4 Å². The van der Waals surface area contributed by atoms with Crippen molar-refractivity contribution in [1.82, 2.24) is 10.3 Å². The first kappa shape index (κ1) is 11.8. The third kappa shape index (κ3) is 2.36. The van der Waals surface area contributed by atoms with E-state index >= 15 is 0 Å². The number of likely N-dealkylation sites (N-methyl/N-ethyl adjacent to an activating group) is 1. The second-order valence-electron chi connectivity index (χ2n) is 4.04. The van der Waals surface area contributed by atoms with Gasteiger partial charge in [0, 0.05) is 19.1 Å². The van der Waals surface area contributed by atoms with Crippen LogP contribution in [0.2, 0.25) is 0 Å². The summed E-state index contributed by atoms with van der Waals surface area (Å²) in [6, 6.07) is 3.84. The van der Waals surface area contributed by atoms with Gasteiger partial charge in [0.1, 0.15) is 11.9 Å². The van der Waals surface area contributed by atoms with Crippen LogP contribution in [0.25, 0.3) is 0 Å². The van der Waals surface area contributed by atoms with Crippen molar-refractivity contribution in [2.45, 2.75) is 19.4 Å². The van der Waals surface area contributed by atoms with E-state index in [-0.39, 0.29) is 5.82 Å². The van der Waals surface area contributed by atoms with E-state index in [9.17, 15) is 10.1 Å². The first-order chi connectivity index (χ1) is 8.24. The van der Waals surface area contributed by atoms with E-state index in [1.807, 2.05) is 6.92 Å². The van der Waals surface area contributed by atoms with Gasteiger partial charge in [0.15, 0.2) is 0 Å². The Bertz CT molecular complexity index is 404. The summed E-state index contributed by atoms with van der Waals surface area (Å²) in [4.78, 5) is 16.5. The highest BCUT2D eigenvalue weighted by molar-refractivity contribution is 5.59. The third-order valence-electron chi connectivity index (χ3n) is 3.06. The quantitative estimate of drug-likeness (QED) is 0.627. The molecule has 1 aromatic heterocycles. The Labute approximate surface area is 99.8 Å². The molecule has 1 aliphatic rings. The van der Waals surface area contributed by atoms with E-state index in [0.29, 0.717) is 11.7 Å². The molecule has 0 aromatic carbocycles. The molecule has 0 amide bonds. The molecule has 0 spiro atoms. The molecule has 1 atom stereocenters. The average Bonchev–Trinajstić information content (AvgIpc) is 2.84. The lowest BCUT2D eigenvalue weighted by Crippen LogP contribution is -2.37. The van der Waals surface area contributed by atoms with Crippen LogP contribution >= 0.6 is 0 Å². The van der Waals surface area contributed by atoms with E-state index < -0.39 is 4.92 Å². The van der Waals surface area contributed by atoms with Gasteiger partial charge in [-0.2, -0.15) is 0 Å². The lowest BCUT2D eigenvalue weighted by atomic mass is 10.2. The van der Waals surface area contributed by atoms with Crippen molar-refractivity contribution in [2.24, 2.45) is 0 Å². The minimum absolute atomic E-state index is 0.0544. The molecule has 1 saturated heterocycles. The maximum Gasteiger partial charge on any atom is 0.387 e. The molecule has 1 aromatic rings.